The van der Waals surface area contributed by atoms with Crippen LogP contribution in [0.5, 0.6) is 0 Å². The molecule has 0 amide bonds. The molecule has 1 aliphatic rings. The molecule has 0 spiro atoms. The maximum atomic E-state index is 2.35. The van der Waals surface area contributed by atoms with Gasteiger partial charge in [0.25, 0.3) is 0 Å². The summed E-state index contributed by atoms with van der Waals surface area (Å²) in [5.41, 5.74) is 15.0. The number of benzene rings is 7. The molecule has 8 rings (SSSR count). The summed E-state index contributed by atoms with van der Waals surface area (Å²) < 4.78 is 0. The zero-order valence-electron chi connectivity index (χ0n) is 24.3. The Labute approximate surface area is 259 Å². The quantitative estimate of drug-likeness (QED) is 0.195. The summed E-state index contributed by atoms with van der Waals surface area (Å²) in [6.07, 6.45) is 0. The number of hydrogen-bond acceptors (Lipinski definition) is 1. The first-order valence-corrected chi connectivity index (χ1v) is 15.2. The molecule has 0 aliphatic heterocycles. The van der Waals surface area contributed by atoms with Gasteiger partial charge in [-0.2, -0.15) is 0 Å². The van der Waals surface area contributed by atoms with Crippen molar-refractivity contribution in [3.05, 3.63) is 199 Å². The SMILES string of the molecule is c1ccc(-c2ccccc2N(c2ccccc2)c2ccc(-c3ccc(C4c5ccccc5-c5ccccc54)cc3)cc2)cc1. The summed E-state index contributed by atoms with van der Waals surface area (Å²) in [5.74, 6) is 0.267. The van der Waals surface area contributed by atoms with Gasteiger partial charge in [0, 0.05) is 22.9 Å². The average Bonchev–Trinajstić information content (AvgIpc) is 3.44. The second-order valence-corrected chi connectivity index (χ2v) is 11.3. The van der Waals surface area contributed by atoms with Gasteiger partial charge in [-0.25, -0.2) is 0 Å². The highest BCUT2D eigenvalue weighted by molar-refractivity contribution is 5.88. The summed E-state index contributed by atoms with van der Waals surface area (Å²) in [6.45, 7) is 0. The van der Waals surface area contributed by atoms with Crippen molar-refractivity contribution in [3.63, 3.8) is 0 Å². The van der Waals surface area contributed by atoms with E-state index in [9.17, 15) is 0 Å². The molecule has 0 saturated heterocycles. The van der Waals surface area contributed by atoms with Crippen LogP contribution in [-0.4, -0.2) is 0 Å². The number of para-hydroxylation sites is 2. The standard InChI is InChI=1S/C43H31N/c1-3-13-33(14-4-1)37-17-11-12-22-42(37)44(35-15-5-2-6-16-35)36-29-27-32(28-30-36)31-23-25-34(26-24-31)43-40-20-9-7-18-38(40)39-19-8-10-21-41(39)43/h1-30,43H. The lowest BCUT2D eigenvalue weighted by Gasteiger charge is -2.28. The molecule has 44 heavy (non-hydrogen) atoms. The first-order chi connectivity index (χ1) is 21.8. The number of nitrogens with zero attached hydrogens (tertiary/aromatic N) is 1. The van der Waals surface area contributed by atoms with Crippen molar-refractivity contribution in [1.29, 1.82) is 0 Å². The minimum Gasteiger partial charge on any atom is -0.310 e. The highest BCUT2D eigenvalue weighted by Gasteiger charge is 2.29. The highest BCUT2D eigenvalue weighted by Crippen LogP contribution is 2.48. The van der Waals surface area contributed by atoms with Crippen LogP contribution in [0.1, 0.15) is 22.6 Å². The van der Waals surface area contributed by atoms with Crippen molar-refractivity contribution in [2.24, 2.45) is 0 Å². The Morgan fingerprint density at radius 1 is 0.318 bits per heavy atom. The molecule has 0 heterocycles. The molecule has 7 aromatic rings. The molecule has 1 heteroatoms. The van der Waals surface area contributed by atoms with E-state index in [1.165, 1.54) is 50.1 Å². The van der Waals surface area contributed by atoms with E-state index in [-0.39, 0.29) is 5.92 Å². The molecule has 208 valence electrons. The van der Waals surface area contributed by atoms with Crippen LogP contribution in [-0.2, 0) is 0 Å². The fourth-order valence-electron chi connectivity index (χ4n) is 6.72. The van der Waals surface area contributed by atoms with Crippen LogP contribution < -0.4 is 4.90 Å². The molecule has 0 unspecified atom stereocenters. The molecule has 7 aromatic carbocycles. The van der Waals surface area contributed by atoms with E-state index in [1.807, 2.05) is 0 Å². The fourth-order valence-corrected chi connectivity index (χ4v) is 6.72. The van der Waals surface area contributed by atoms with E-state index in [0.29, 0.717) is 0 Å². The van der Waals surface area contributed by atoms with Crippen LogP contribution in [0, 0.1) is 0 Å². The van der Waals surface area contributed by atoms with Gasteiger partial charge >= 0.3 is 0 Å². The minimum absolute atomic E-state index is 0.267. The van der Waals surface area contributed by atoms with E-state index in [2.05, 4.69) is 187 Å². The summed E-state index contributed by atoms with van der Waals surface area (Å²) in [4.78, 5) is 2.35. The van der Waals surface area contributed by atoms with Crippen LogP contribution in [0.2, 0.25) is 0 Å². The second-order valence-electron chi connectivity index (χ2n) is 11.3. The first-order valence-electron chi connectivity index (χ1n) is 15.2. The van der Waals surface area contributed by atoms with Gasteiger partial charge in [-0.1, -0.05) is 152 Å². The van der Waals surface area contributed by atoms with Crippen molar-refractivity contribution in [2.75, 3.05) is 4.90 Å². The van der Waals surface area contributed by atoms with Crippen molar-refractivity contribution in [3.8, 4) is 33.4 Å². The third kappa shape index (κ3) is 4.60. The molecule has 0 aromatic heterocycles. The van der Waals surface area contributed by atoms with Gasteiger partial charge in [-0.05, 0) is 74.8 Å². The molecule has 0 N–H and O–H groups in total. The first kappa shape index (κ1) is 26.0. The molecule has 0 atom stereocenters. The van der Waals surface area contributed by atoms with Crippen LogP contribution in [0.3, 0.4) is 0 Å². The summed E-state index contributed by atoms with van der Waals surface area (Å²) in [6, 6.07) is 65.7. The number of rotatable bonds is 6. The molecule has 1 nitrogen and oxygen atoms in total. The third-order valence-corrected chi connectivity index (χ3v) is 8.78. The Morgan fingerprint density at radius 2 is 0.773 bits per heavy atom. The molecule has 0 saturated carbocycles. The van der Waals surface area contributed by atoms with Crippen LogP contribution in [0.25, 0.3) is 33.4 Å². The van der Waals surface area contributed by atoms with Gasteiger partial charge in [0.05, 0.1) is 5.69 Å². The van der Waals surface area contributed by atoms with Gasteiger partial charge in [0.1, 0.15) is 0 Å². The lowest BCUT2D eigenvalue weighted by molar-refractivity contribution is 1.02. The number of hydrogen-bond donors (Lipinski definition) is 0. The predicted octanol–water partition coefficient (Wildman–Crippen LogP) is 11.7. The number of fused-ring (bicyclic) bond motifs is 3. The largest absolute Gasteiger partial charge is 0.310 e. The second kappa shape index (κ2) is 11.2. The molecule has 0 fully saturated rings. The Kier molecular flexibility index (Phi) is 6.62. The third-order valence-electron chi connectivity index (χ3n) is 8.78. The van der Waals surface area contributed by atoms with Crippen LogP contribution in [0.15, 0.2) is 182 Å². The lowest BCUT2D eigenvalue weighted by atomic mass is 9.88. The predicted molar refractivity (Wildman–Crippen MR) is 185 cm³/mol. The van der Waals surface area contributed by atoms with E-state index < -0.39 is 0 Å². The van der Waals surface area contributed by atoms with Crippen LogP contribution >= 0.6 is 0 Å². The molecule has 0 bridgehead atoms. The van der Waals surface area contributed by atoms with Crippen molar-refractivity contribution < 1.29 is 0 Å². The van der Waals surface area contributed by atoms with Crippen molar-refractivity contribution in [2.45, 2.75) is 5.92 Å². The van der Waals surface area contributed by atoms with Gasteiger partial charge in [-0.3, -0.25) is 0 Å². The topological polar surface area (TPSA) is 3.24 Å². The van der Waals surface area contributed by atoms with Gasteiger partial charge < -0.3 is 4.90 Å². The van der Waals surface area contributed by atoms with Crippen molar-refractivity contribution in [1.82, 2.24) is 0 Å². The van der Waals surface area contributed by atoms with Crippen LogP contribution in [0.4, 0.5) is 17.1 Å². The molecular weight excluding hydrogens is 530 g/mol. The molecule has 0 radical (unpaired) electrons. The number of anilines is 3. The summed E-state index contributed by atoms with van der Waals surface area (Å²) >= 11 is 0. The Morgan fingerprint density at radius 3 is 1.39 bits per heavy atom. The summed E-state index contributed by atoms with van der Waals surface area (Å²) in [7, 11) is 0. The van der Waals surface area contributed by atoms with Crippen molar-refractivity contribution >= 4 is 17.1 Å². The zero-order valence-corrected chi connectivity index (χ0v) is 24.3. The maximum Gasteiger partial charge on any atom is 0.0540 e. The van der Waals surface area contributed by atoms with E-state index in [1.54, 1.807) is 0 Å². The Hall–Kier alpha value is -5.66. The molecule has 1 aliphatic carbocycles. The lowest BCUT2D eigenvalue weighted by Crippen LogP contribution is -2.11. The Bertz CT molecular complexity index is 2000. The normalized spacial score (nSPS) is 12.0. The Balaban J connectivity index is 1.14. The van der Waals surface area contributed by atoms with Gasteiger partial charge in [0.2, 0.25) is 0 Å². The van der Waals surface area contributed by atoms with E-state index in [0.717, 1.165) is 17.1 Å². The van der Waals surface area contributed by atoms with E-state index >= 15 is 0 Å². The highest BCUT2D eigenvalue weighted by atomic mass is 15.1. The average molecular weight is 562 g/mol. The van der Waals surface area contributed by atoms with E-state index in [4.69, 9.17) is 0 Å². The monoisotopic (exact) mass is 561 g/mol. The maximum absolute atomic E-state index is 2.35. The zero-order chi connectivity index (χ0) is 29.3. The molecular formula is C43H31N. The van der Waals surface area contributed by atoms with Gasteiger partial charge in [-0.15, -0.1) is 0 Å². The summed E-state index contributed by atoms with van der Waals surface area (Å²) in [5, 5.41) is 0. The van der Waals surface area contributed by atoms with Gasteiger partial charge in [0.15, 0.2) is 0 Å². The minimum atomic E-state index is 0.267. The smallest absolute Gasteiger partial charge is 0.0540 e. The fraction of sp³-hybridized carbons (Fsp3) is 0.0233.